The van der Waals surface area contributed by atoms with E-state index in [0.29, 0.717) is 5.56 Å². The first-order chi connectivity index (χ1) is 9.43. The first kappa shape index (κ1) is 17.2. The first-order valence-electron chi connectivity index (χ1n) is 5.85. The van der Waals surface area contributed by atoms with Crippen molar-refractivity contribution < 1.29 is 9.59 Å². The highest BCUT2D eigenvalue weighted by molar-refractivity contribution is 5.92. The highest BCUT2D eigenvalue weighted by Gasteiger charge is 1.93. The molecule has 106 valence electrons. The van der Waals surface area contributed by atoms with Gasteiger partial charge in [-0.3, -0.25) is 9.59 Å². The molecule has 2 rings (SSSR count). The Hall–Kier alpha value is -2.82. The van der Waals surface area contributed by atoms with Crippen molar-refractivity contribution in [1.29, 1.82) is 0 Å². The zero-order valence-electron chi connectivity index (χ0n) is 11.3. The van der Waals surface area contributed by atoms with E-state index in [1.807, 2.05) is 36.4 Å². The number of rotatable bonds is 1. The van der Waals surface area contributed by atoms with Gasteiger partial charge in [-0.25, -0.2) is 0 Å². The van der Waals surface area contributed by atoms with E-state index in [4.69, 9.17) is 11.5 Å². The van der Waals surface area contributed by atoms with Crippen molar-refractivity contribution in [2.75, 3.05) is 5.73 Å². The van der Waals surface area contributed by atoms with Crippen molar-refractivity contribution in [2.24, 2.45) is 11.5 Å². The third-order valence-corrected chi connectivity index (χ3v) is 1.86. The Labute approximate surface area is 118 Å². The molecule has 20 heavy (non-hydrogen) atoms. The Morgan fingerprint density at radius 3 is 1.35 bits per heavy atom. The average molecular weight is 273 g/mol. The number of nitrogen functional groups attached to an aromatic ring is 1. The van der Waals surface area contributed by atoms with Gasteiger partial charge in [0, 0.05) is 18.2 Å². The summed E-state index contributed by atoms with van der Waals surface area (Å²) < 4.78 is 0. The molecule has 0 aliphatic heterocycles. The number of primary amides is 2. The van der Waals surface area contributed by atoms with Gasteiger partial charge < -0.3 is 17.2 Å². The van der Waals surface area contributed by atoms with Crippen molar-refractivity contribution in [2.45, 2.75) is 6.92 Å². The van der Waals surface area contributed by atoms with E-state index in [1.54, 1.807) is 24.3 Å². The molecule has 2 aromatic rings. The summed E-state index contributed by atoms with van der Waals surface area (Å²) >= 11 is 0. The molecule has 2 amide bonds. The van der Waals surface area contributed by atoms with Crippen molar-refractivity contribution in [3.63, 3.8) is 0 Å². The third kappa shape index (κ3) is 10.3. The largest absolute Gasteiger partial charge is 0.399 e. The van der Waals surface area contributed by atoms with Gasteiger partial charge in [0.25, 0.3) is 0 Å². The van der Waals surface area contributed by atoms with Crippen LogP contribution < -0.4 is 17.2 Å². The maximum absolute atomic E-state index is 10.4. The quantitative estimate of drug-likeness (QED) is 0.685. The molecule has 6 N–H and O–H groups in total. The number of anilines is 1. The lowest BCUT2D eigenvalue weighted by molar-refractivity contribution is -0.115. The average Bonchev–Trinajstić information content (AvgIpc) is 2.41. The summed E-state index contributed by atoms with van der Waals surface area (Å²) in [7, 11) is 0. The van der Waals surface area contributed by atoms with E-state index in [0.717, 1.165) is 5.69 Å². The van der Waals surface area contributed by atoms with E-state index in [-0.39, 0.29) is 11.8 Å². The van der Waals surface area contributed by atoms with Crippen LogP contribution in [0.2, 0.25) is 0 Å². The van der Waals surface area contributed by atoms with Crippen LogP contribution in [0.1, 0.15) is 17.3 Å². The molecule has 5 nitrogen and oxygen atoms in total. The van der Waals surface area contributed by atoms with Gasteiger partial charge in [-0.15, -0.1) is 0 Å². The Kier molecular flexibility index (Phi) is 8.71. The van der Waals surface area contributed by atoms with Crippen LogP contribution in [-0.4, -0.2) is 11.8 Å². The fraction of sp³-hybridized carbons (Fsp3) is 0.0667. The molecule has 5 heteroatoms. The highest BCUT2D eigenvalue weighted by atomic mass is 16.1. The SMILES string of the molecule is CC(N)=O.NC(=O)c1ccccc1.Nc1ccccc1. The number of amides is 2. The third-order valence-electron chi connectivity index (χ3n) is 1.86. The molecule has 0 aliphatic carbocycles. The number of para-hydroxylation sites is 1. The normalized spacial score (nSPS) is 8.25. The van der Waals surface area contributed by atoms with Crippen LogP contribution in [0, 0.1) is 0 Å². The van der Waals surface area contributed by atoms with E-state index in [2.05, 4.69) is 5.73 Å². The van der Waals surface area contributed by atoms with Gasteiger partial charge in [-0.05, 0) is 24.3 Å². The van der Waals surface area contributed by atoms with E-state index in [1.165, 1.54) is 6.92 Å². The van der Waals surface area contributed by atoms with Gasteiger partial charge in [-0.1, -0.05) is 36.4 Å². The molecule has 0 bridgehead atoms. The summed E-state index contributed by atoms with van der Waals surface area (Å²) in [5, 5.41) is 0. The van der Waals surface area contributed by atoms with Crippen LogP contribution in [-0.2, 0) is 4.79 Å². The number of carbonyl (C=O) groups is 2. The fourth-order valence-corrected chi connectivity index (χ4v) is 1.06. The maximum atomic E-state index is 10.4. The summed E-state index contributed by atoms with van der Waals surface area (Å²) in [6.07, 6.45) is 0. The number of nitrogens with two attached hydrogens (primary N) is 3. The van der Waals surface area contributed by atoms with Crippen molar-refractivity contribution in [3.05, 3.63) is 66.2 Å². The molecule has 0 saturated heterocycles. The molecular formula is C15H19N3O2. The summed E-state index contributed by atoms with van der Waals surface area (Å²) in [4.78, 5) is 19.6. The summed E-state index contributed by atoms with van der Waals surface area (Å²) in [5.74, 6) is -0.712. The van der Waals surface area contributed by atoms with Crippen LogP contribution in [0.4, 0.5) is 5.69 Å². The summed E-state index contributed by atoms with van der Waals surface area (Å²) in [5.41, 5.74) is 16.2. The van der Waals surface area contributed by atoms with E-state index in [9.17, 15) is 9.59 Å². The van der Waals surface area contributed by atoms with Gasteiger partial charge in [0.2, 0.25) is 11.8 Å². The number of carbonyl (C=O) groups excluding carboxylic acids is 2. The van der Waals surface area contributed by atoms with Gasteiger partial charge in [0.15, 0.2) is 0 Å². The molecular weight excluding hydrogens is 254 g/mol. The minimum absolute atomic E-state index is 0.333. The maximum Gasteiger partial charge on any atom is 0.248 e. The Bertz CT molecular complexity index is 509. The summed E-state index contributed by atoms with van der Waals surface area (Å²) in [6, 6.07) is 18.2. The molecule has 0 radical (unpaired) electrons. The van der Waals surface area contributed by atoms with Crippen molar-refractivity contribution >= 4 is 17.5 Å². The lowest BCUT2D eigenvalue weighted by Gasteiger charge is -1.89. The molecule has 0 heterocycles. The number of hydrogen-bond donors (Lipinski definition) is 3. The second-order valence-corrected chi connectivity index (χ2v) is 3.75. The standard InChI is InChI=1S/C7H7NO.C6H7N.C2H5NO/c8-7(9)6-4-2-1-3-5-6;7-6-4-2-1-3-5-6;1-2(3)4/h1-5H,(H2,8,9);1-5H,7H2;1H3,(H2,3,4). The second-order valence-electron chi connectivity index (χ2n) is 3.75. The molecule has 0 unspecified atom stereocenters. The lowest BCUT2D eigenvalue weighted by Crippen LogP contribution is -2.09. The predicted molar refractivity (Wildman–Crippen MR) is 80.7 cm³/mol. The first-order valence-corrected chi connectivity index (χ1v) is 5.85. The van der Waals surface area contributed by atoms with Crippen LogP contribution in [0.5, 0.6) is 0 Å². The topological polar surface area (TPSA) is 112 Å². The molecule has 2 aromatic carbocycles. The number of hydrogen-bond acceptors (Lipinski definition) is 3. The molecule has 0 aliphatic rings. The van der Waals surface area contributed by atoms with E-state index >= 15 is 0 Å². The summed E-state index contributed by atoms with van der Waals surface area (Å²) in [6.45, 7) is 1.31. The molecule has 0 aromatic heterocycles. The molecule has 0 saturated carbocycles. The lowest BCUT2D eigenvalue weighted by atomic mass is 10.2. The van der Waals surface area contributed by atoms with Crippen LogP contribution in [0.3, 0.4) is 0 Å². The predicted octanol–water partition coefficient (Wildman–Crippen LogP) is 1.55. The second kappa shape index (κ2) is 10.1. The van der Waals surface area contributed by atoms with E-state index < -0.39 is 0 Å². The smallest absolute Gasteiger partial charge is 0.248 e. The Balaban J connectivity index is 0.000000293. The Morgan fingerprint density at radius 1 is 0.800 bits per heavy atom. The molecule has 0 spiro atoms. The zero-order chi connectivity index (χ0) is 15.4. The zero-order valence-corrected chi connectivity index (χ0v) is 11.3. The van der Waals surface area contributed by atoms with Crippen molar-refractivity contribution in [3.8, 4) is 0 Å². The number of benzene rings is 2. The Morgan fingerprint density at radius 2 is 1.15 bits per heavy atom. The van der Waals surface area contributed by atoms with Crippen LogP contribution in [0.25, 0.3) is 0 Å². The minimum Gasteiger partial charge on any atom is -0.399 e. The monoisotopic (exact) mass is 273 g/mol. The van der Waals surface area contributed by atoms with Gasteiger partial charge in [0.05, 0.1) is 0 Å². The molecule has 0 atom stereocenters. The minimum atomic E-state index is -0.379. The van der Waals surface area contributed by atoms with Gasteiger partial charge in [-0.2, -0.15) is 0 Å². The van der Waals surface area contributed by atoms with Crippen LogP contribution in [0.15, 0.2) is 60.7 Å². The van der Waals surface area contributed by atoms with Gasteiger partial charge >= 0.3 is 0 Å². The van der Waals surface area contributed by atoms with Gasteiger partial charge in [0.1, 0.15) is 0 Å². The fourth-order valence-electron chi connectivity index (χ4n) is 1.06. The van der Waals surface area contributed by atoms with Crippen molar-refractivity contribution in [1.82, 2.24) is 0 Å². The van der Waals surface area contributed by atoms with Crippen LogP contribution >= 0.6 is 0 Å². The molecule has 0 fully saturated rings. The highest BCUT2D eigenvalue weighted by Crippen LogP contribution is 1.96.